The number of rotatable bonds is 5. The Bertz CT molecular complexity index is 376. The lowest BCUT2D eigenvalue weighted by atomic mass is 10.1. The molecule has 0 aromatic heterocycles. The van der Waals surface area contributed by atoms with E-state index in [1.807, 2.05) is 0 Å². The van der Waals surface area contributed by atoms with Crippen LogP contribution >= 0.6 is 0 Å². The van der Waals surface area contributed by atoms with Crippen LogP contribution in [0.25, 0.3) is 0 Å². The lowest BCUT2D eigenvalue weighted by molar-refractivity contribution is 0.150. The smallest absolute Gasteiger partial charge is 0.129 e. The molecule has 1 aromatic carbocycles. The van der Waals surface area contributed by atoms with E-state index in [1.165, 1.54) is 6.07 Å². The fraction of sp³-hybridized carbons (Fsp3) is 0.417. The van der Waals surface area contributed by atoms with E-state index in [0.717, 1.165) is 0 Å². The average Bonchev–Trinajstić information content (AvgIpc) is 2.30. The highest BCUT2D eigenvalue weighted by molar-refractivity contribution is 5.25. The van der Waals surface area contributed by atoms with Crippen LogP contribution in [0.4, 0.5) is 4.39 Å². The number of benzene rings is 1. The van der Waals surface area contributed by atoms with Crippen molar-refractivity contribution in [2.24, 2.45) is 0 Å². The molecule has 1 atom stereocenters. The number of nitrogens with zero attached hydrogens (tertiary/aromatic N) is 2. The topological polar surface area (TPSA) is 36.3 Å². The van der Waals surface area contributed by atoms with Gasteiger partial charge in [-0.2, -0.15) is 5.26 Å². The van der Waals surface area contributed by atoms with Gasteiger partial charge >= 0.3 is 0 Å². The van der Waals surface area contributed by atoms with Crippen LogP contribution in [0.3, 0.4) is 0 Å². The summed E-state index contributed by atoms with van der Waals surface area (Å²) in [5.74, 6) is -0.349. The summed E-state index contributed by atoms with van der Waals surface area (Å²) in [5.41, 5.74) is 0.406. The zero-order valence-electron chi connectivity index (χ0n) is 9.48. The molecule has 0 aliphatic rings. The molecule has 3 nitrogen and oxygen atoms in total. The number of methoxy groups -OCH3 is 1. The third kappa shape index (κ3) is 3.02. The fourth-order valence-electron chi connectivity index (χ4n) is 1.47. The van der Waals surface area contributed by atoms with Crippen molar-refractivity contribution in [3.05, 3.63) is 35.6 Å². The van der Waals surface area contributed by atoms with Crippen LogP contribution in [0.15, 0.2) is 24.3 Å². The highest BCUT2D eigenvalue weighted by Gasteiger charge is 2.19. The predicted octanol–water partition coefficient (Wildman–Crippen LogP) is 1.97. The largest absolute Gasteiger partial charge is 0.383 e. The molecular formula is C12H15FN2O. The van der Waals surface area contributed by atoms with Crippen molar-refractivity contribution in [2.45, 2.75) is 6.04 Å². The highest BCUT2D eigenvalue weighted by Crippen LogP contribution is 2.20. The van der Waals surface area contributed by atoms with Crippen molar-refractivity contribution in [3.63, 3.8) is 0 Å². The number of ether oxygens (including phenoxy) is 1. The lowest BCUT2D eigenvalue weighted by Crippen LogP contribution is -2.27. The molecule has 1 unspecified atom stereocenters. The monoisotopic (exact) mass is 222 g/mol. The van der Waals surface area contributed by atoms with Gasteiger partial charge in [-0.3, -0.25) is 4.90 Å². The Hall–Kier alpha value is -1.44. The van der Waals surface area contributed by atoms with Crippen LogP contribution < -0.4 is 0 Å². The van der Waals surface area contributed by atoms with Gasteiger partial charge in [-0.1, -0.05) is 18.2 Å². The minimum atomic E-state index is -0.573. The second-order valence-electron chi connectivity index (χ2n) is 3.53. The maximum atomic E-state index is 13.5. The Morgan fingerprint density at radius 3 is 2.75 bits per heavy atom. The Labute approximate surface area is 95.1 Å². The van der Waals surface area contributed by atoms with E-state index in [-0.39, 0.29) is 5.82 Å². The number of halogens is 1. The molecule has 1 rings (SSSR count). The maximum Gasteiger partial charge on any atom is 0.129 e. The second-order valence-corrected chi connectivity index (χ2v) is 3.53. The summed E-state index contributed by atoms with van der Waals surface area (Å²) >= 11 is 0. The first-order valence-electron chi connectivity index (χ1n) is 5.04. The first-order valence-corrected chi connectivity index (χ1v) is 5.04. The SMILES string of the molecule is COCCN(C)C(C#N)c1ccccc1F. The number of likely N-dealkylation sites (N-methyl/N-ethyl adjacent to an activating group) is 1. The van der Waals surface area contributed by atoms with Gasteiger partial charge in [-0.15, -0.1) is 0 Å². The van der Waals surface area contributed by atoms with E-state index in [0.29, 0.717) is 18.7 Å². The van der Waals surface area contributed by atoms with Gasteiger partial charge in [0.25, 0.3) is 0 Å². The van der Waals surface area contributed by atoms with Crippen molar-refractivity contribution in [1.82, 2.24) is 4.90 Å². The van der Waals surface area contributed by atoms with Crippen molar-refractivity contribution >= 4 is 0 Å². The third-order valence-electron chi connectivity index (χ3n) is 2.41. The Kier molecular flexibility index (Phi) is 4.90. The molecule has 0 fully saturated rings. The third-order valence-corrected chi connectivity index (χ3v) is 2.41. The minimum Gasteiger partial charge on any atom is -0.383 e. The first kappa shape index (κ1) is 12.6. The minimum absolute atomic E-state index is 0.349. The van der Waals surface area contributed by atoms with Crippen molar-refractivity contribution in [2.75, 3.05) is 27.3 Å². The second kappa shape index (κ2) is 6.21. The molecule has 0 saturated heterocycles. The Balaban J connectivity index is 2.83. The molecule has 16 heavy (non-hydrogen) atoms. The van der Waals surface area contributed by atoms with Crippen LogP contribution in [0.5, 0.6) is 0 Å². The average molecular weight is 222 g/mol. The predicted molar refractivity (Wildman–Crippen MR) is 59.3 cm³/mol. The van der Waals surface area contributed by atoms with Crippen LogP contribution in [-0.2, 0) is 4.74 Å². The van der Waals surface area contributed by atoms with Crippen molar-refractivity contribution in [1.29, 1.82) is 5.26 Å². The molecule has 0 saturated carbocycles. The molecule has 0 aliphatic carbocycles. The first-order chi connectivity index (χ1) is 7.70. The van der Waals surface area contributed by atoms with Gasteiger partial charge in [0.2, 0.25) is 0 Å². The standard InChI is InChI=1S/C12H15FN2O/c1-15(7-8-16-2)12(9-14)10-5-3-4-6-11(10)13/h3-6,12H,7-8H2,1-2H3. The van der Waals surface area contributed by atoms with E-state index < -0.39 is 6.04 Å². The zero-order valence-corrected chi connectivity index (χ0v) is 9.48. The summed E-state index contributed by atoms with van der Waals surface area (Å²) < 4.78 is 18.4. The maximum absolute atomic E-state index is 13.5. The quantitative estimate of drug-likeness (QED) is 0.764. The van der Waals surface area contributed by atoms with Crippen molar-refractivity contribution in [3.8, 4) is 6.07 Å². The molecule has 0 bridgehead atoms. The lowest BCUT2D eigenvalue weighted by Gasteiger charge is -2.22. The van der Waals surface area contributed by atoms with Crippen LogP contribution in [0.2, 0.25) is 0 Å². The molecule has 0 spiro atoms. The number of nitriles is 1. The summed E-state index contributed by atoms with van der Waals surface area (Å²) in [6.07, 6.45) is 0. The molecule has 4 heteroatoms. The van der Waals surface area contributed by atoms with Gasteiger partial charge in [-0.05, 0) is 13.1 Å². The summed E-state index contributed by atoms with van der Waals surface area (Å²) in [7, 11) is 3.37. The molecule has 0 heterocycles. The van der Waals surface area contributed by atoms with Crippen LogP contribution in [0.1, 0.15) is 11.6 Å². The van der Waals surface area contributed by atoms with Crippen molar-refractivity contribution < 1.29 is 9.13 Å². The highest BCUT2D eigenvalue weighted by atomic mass is 19.1. The van der Waals surface area contributed by atoms with Gasteiger partial charge in [0, 0.05) is 19.2 Å². The van der Waals surface area contributed by atoms with E-state index in [2.05, 4.69) is 6.07 Å². The van der Waals surface area contributed by atoms with Gasteiger partial charge in [0.1, 0.15) is 11.9 Å². The molecule has 86 valence electrons. The number of hydrogen-bond acceptors (Lipinski definition) is 3. The number of hydrogen-bond donors (Lipinski definition) is 0. The normalized spacial score (nSPS) is 12.4. The van der Waals surface area contributed by atoms with Crippen LogP contribution in [0, 0.1) is 17.1 Å². The molecule has 1 aromatic rings. The zero-order chi connectivity index (χ0) is 12.0. The summed E-state index contributed by atoms with van der Waals surface area (Å²) in [6, 6.07) is 7.86. The molecule has 0 N–H and O–H groups in total. The summed E-state index contributed by atoms with van der Waals surface area (Å²) in [4.78, 5) is 1.77. The van der Waals surface area contributed by atoms with Gasteiger partial charge in [-0.25, -0.2) is 4.39 Å². The van der Waals surface area contributed by atoms with E-state index in [1.54, 1.807) is 37.3 Å². The molecule has 0 aliphatic heterocycles. The molecule has 0 radical (unpaired) electrons. The Morgan fingerprint density at radius 1 is 1.50 bits per heavy atom. The summed E-state index contributed by atoms with van der Waals surface area (Å²) in [5, 5.41) is 9.07. The van der Waals surface area contributed by atoms with Gasteiger partial charge < -0.3 is 4.74 Å². The van der Waals surface area contributed by atoms with E-state index >= 15 is 0 Å². The Morgan fingerprint density at radius 2 is 2.19 bits per heavy atom. The molecular weight excluding hydrogens is 207 g/mol. The summed E-state index contributed by atoms with van der Waals surface area (Å²) in [6.45, 7) is 1.10. The van der Waals surface area contributed by atoms with Crippen LogP contribution in [-0.4, -0.2) is 32.2 Å². The van der Waals surface area contributed by atoms with E-state index in [9.17, 15) is 4.39 Å². The van der Waals surface area contributed by atoms with E-state index in [4.69, 9.17) is 10.00 Å². The fourth-order valence-corrected chi connectivity index (χ4v) is 1.47. The van der Waals surface area contributed by atoms with Gasteiger partial charge in [0.15, 0.2) is 0 Å². The van der Waals surface area contributed by atoms with Gasteiger partial charge in [0.05, 0.1) is 12.7 Å². The molecule has 0 amide bonds.